The van der Waals surface area contributed by atoms with Gasteiger partial charge in [-0.25, -0.2) is 9.97 Å². The molecule has 2 aromatic carbocycles. The number of hydrogen-bond acceptors (Lipinski definition) is 9. The van der Waals surface area contributed by atoms with Crippen molar-refractivity contribution in [1.29, 1.82) is 0 Å². The molecule has 0 saturated carbocycles. The van der Waals surface area contributed by atoms with E-state index in [9.17, 15) is 14.7 Å². The quantitative estimate of drug-likeness (QED) is 0.307. The number of anilines is 1. The zero-order valence-corrected chi connectivity index (χ0v) is 22.0. The number of hydrogen-bond donors (Lipinski definition) is 1. The zero-order chi connectivity index (χ0) is 25.7. The summed E-state index contributed by atoms with van der Waals surface area (Å²) < 4.78 is 11.9. The lowest BCUT2D eigenvalue weighted by molar-refractivity contribution is -0.117. The Morgan fingerprint density at radius 1 is 1.11 bits per heavy atom. The van der Waals surface area contributed by atoms with E-state index in [2.05, 4.69) is 9.97 Å². The number of aromatic nitrogens is 2. The van der Waals surface area contributed by atoms with Gasteiger partial charge in [0.1, 0.15) is 6.04 Å². The van der Waals surface area contributed by atoms with Crippen molar-refractivity contribution in [3.8, 4) is 11.5 Å². The Labute approximate surface area is 219 Å². The summed E-state index contributed by atoms with van der Waals surface area (Å²) in [4.78, 5) is 38.0. The number of aryl methyl sites for hydroxylation is 2. The maximum Gasteiger partial charge on any atom is 0.296 e. The van der Waals surface area contributed by atoms with Crippen LogP contribution in [0.1, 0.15) is 32.0 Å². The topological polar surface area (TPSA) is 102 Å². The molecular weight excluding hydrogens is 522 g/mol. The van der Waals surface area contributed by atoms with Gasteiger partial charge in [-0.2, -0.15) is 0 Å². The molecule has 0 aliphatic carbocycles. The van der Waals surface area contributed by atoms with E-state index in [0.717, 1.165) is 4.70 Å². The minimum Gasteiger partial charge on any atom is -0.503 e. The lowest BCUT2D eigenvalue weighted by atomic mass is 9.94. The van der Waals surface area contributed by atoms with E-state index < -0.39 is 23.5 Å². The maximum absolute atomic E-state index is 13.8. The smallest absolute Gasteiger partial charge is 0.296 e. The van der Waals surface area contributed by atoms with Crippen LogP contribution in [-0.4, -0.2) is 41.0 Å². The largest absolute Gasteiger partial charge is 0.503 e. The van der Waals surface area contributed by atoms with Crippen molar-refractivity contribution in [3.05, 3.63) is 73.9 Å². The Morgan fingerprint density at radius 2 is 1.89 bits per heavy atom. The van der Waals surface area contributed by atoms with E-state index in [1.807, 2.05) is 0 Å². The summed E-state index contributed by atoms with van der Waals surface area (Å²) in [6.07, 6.45) is 0. The number of benzene rings is 2. The fourth-order valence-corrected chi connectivity index (χ4v) is 6.45. The Morgan fingerprint density at radius 3 is 2.56 bits per heavy atom. The second kappa shape index (κ2) is 9.20. The van der Waals surface area contributed by atoms with Crippen LogP contribution in [0, 0.1) is 13.8 Å². The van der Waals surface area contributed by atoms with Gasteiger partial charge in [0, 0.05) is 10.6 Å². The average molecular weight is 542 g/mol. The third-order valence-electron chi connectivity index (χ3n) is 5.84. The first-order chi connectivity index (χ1) is 17.2. The van der Waals surface area contributed by atoms with Gasteiger partial charge in [0.05, 0.1) is 45.6 Å². The third kappa shape index (κ3) is 3.82. The minimum absolute atomic E-state index is 0.0735. The lowest BCUT2D eigenvalue weighted by Gasteiger charge is -2.26. The van der Waals surface area contributed by atoms with Crippen LogP contribution in [0.5, 0.6) is 11.5 Å². The van der Waals surface area contributed by atoms with Crippen molar-refractivity contribution < 1.29 is 24.2 Å². The normalized spacial score (nSPS) is 15.8. The van der Waals surface area contributed by atoms with Crippen LogP contribution < -0.4 is 14.4 Å². The third-order valence-corrected chi connectivity index (χ3v) is 8.16. The highest BCUT2D eigenvalue weighted by atomic mass is 35.5. The monoisotopic (exact) mass is 541 g/mol. The number of carbonyl (C=O) groups is 2. The molecule has 0 bridgehead atoms. The Kier molecular flexibility index (Phi) is 6.19. The van der Waals surface area contributed by atoms with Crippen molar-refractivity contribution in [2.75, 3.05) is 19.1 Å². The van der Waals surface area contributed by atoms with Crippen LogP contribution in [0.15, 0.2) is 47.7 Å². The van der Waals surface area contributed by atoms with Crippen molar-refractivity contribution in [2.45, 2.75) is 19.9 Å². The van der Waals surface area contributed by atoms with Crippen LogP contribution in [0.2, 0.25) is 5.02 Å². The van der Waals surface area contributed by atoms with Crippen LogP contribution in [0.4, 0.5) is 5.13 Å². The zero-order valence-electron chi connectivity index (χ0n) is 19.7. The van der Waals surface area contributed by atoms with Gasteiger partial charge in [0.15, 0.2) is 22.4 Å². The molecule has 3 heterocycles. The molecule has 1 unspecified atom stereocenters. The number of fused-ring (bicyclic) bond motifs is 1. The summed E-state index contributed by atoms with van der Waals surface area (Å²) in [7, 11) is 2.98. The fraction of sp³-hybridized carbons (Fsp3) is 0.200. The molecule has 2 aromatic heterocycles. The second-order valence-electron chi connectivity index (χ2n) is 8.01. The number of amides is 1. The van der Waals surface area contributed by atoms with Crippen LogP contribution in [-0.2, 0) is 4.79 Å². The number of rotatable bonds is 6. The molecule has 1 atom stereocenters. The standard InChI is InChI=1S/C25H20ClN3O5S2/c1-11-23(35-12(2)27-11)20(30)18-19(14-6-5-7-16(33-3)22(14)34-4)29(24(32)21(18)31)25-28-15-9-8-13(26)10-17(15)36-25/h5-10,19,31H,1-4H3. The highest BCUT2D eigenvalue weighted by Gasteiger charge is 2.47. The van der Waals surface area contributed by atoms with Gasteiger partial charge < -0.3 is 14.6 Å². The van der Waals surface area contributed by atoms with Gasteiger partial charge in [0.25, 0.3) is 5.91 Å². The molecule has 8 nitrogen and oxygen atoms in total. The number of aliphatic hydroxyl groups excluding tert-OH is 1. The Bertz CT molecular complexity index is 1580. The highest BCUT2D eigenvalue weighted by molar-refractivity contribution is 7.22. The summed E-state index contributed by atoms with van der Waals surface area (Å²) >= 11 is 8.60. The molecule has 184 valence electrons. The number of ketones is 1. The number of ether oxygens (including phenoxy) is 2. The average Bonchev–Trinajstić information content (AvgIpc) is 3.50. The lowest BCUT2D eigenvalue weighted by Crippen LogP contribution is -2.31. The summed E-state index contributed by atoms with van der Waals surface area (Å²) in [5.41, 5.74) is 1.56. The van der Waals surface area contributed by atoms with Crippen LogP contribution in [0.25, 0.3) is 10.2 Å². The van der Waals surface area contributed by atoms with Gasteiger partial charge in [-0.1, -0.05) is 35.1 Å². The van der Waals surface area contributed by atoms with Crippen molar-refractivity contribution in [2.24, 2.45) is 0 Å². The number of halogens is 1. The number of nitrogens with zero attached hydrogens (tertiary/aromatic N) is 3. The van der Waals surface area contributed by atoms with Gasteiger partial charge in [-0.15, -0.1) is 11.3 Å². The molecule has 1 aliphatic heterocycles. The predicted octanol–water partition coefficient (Wildman–Crippen LogP) is 5.82. The van der Waals surface area contributed by atoms with Gasteiger partial charge >= 0.3 is 0 Å². The van der Waals surface area contributed by atoms with Gasteiger partial charge in [-0.3, -0.25) is 14.5 Å². The van der Waals surface area contributed by atoms with Gasteiger partial charge in [0.2, 0.25) is 5.78 Å². The first-order valence-electron chi connectivity index (χ1n) is 10.8. The molecule has 1 amide bonds. The van der Waals surface area contributed by atoms with E-state index in [1.165, 1.54) is 41.8 Å². The van der Waals surface area contributed by atoms with Crippen molar-refractivity contribution in [3.63, 3.8) is 0 Å². The van der Waals surface area contributed by atoms with Crippen molar-refractivity contribution >= 4 is 61.3 Å². The first kappa shape index (κ1) is 24.2. The molecule has 5 rings (SSSR count). The van der Waals surface area contributed by atoms with Gasteiger partial charge in [-0.05, 0) is 38.1 Å². The second-order valence-corrected chi connectivity index (χ2v) is 10.7. The summed E-state index contributed by atoms with van der Waals surface area (Å²) in [6, 6.07) is 9.37. The van der Waals surface area contributed by atoms with Crippen molar-refractivity contribution in [1.82, 2.24) is 9.97 Å². The molecule has 0 spiro atoms. The van der Waals surface area contributed by atoms with E-state index in [1.54, 1.807) is 50.2 Å². The van der Waals surface area contributed by atoms with Crippen LogP contribution >= 0.6 is 34.3 Å². The van der Waals surface area contributed by atoms with E-state index >= 15 is 0 Å². The number of methoxy groups -OCH3 is 2. The molecule has 11 heteroatoms. The summed E-state index contributed by atoms with van der Waals surface area (Å²) in [6.45, 7) is 3.52. The maximum atomic E-state index is 13.8. The van der Waals surface area contributed by atoms with E-state index in [4.69, 9.17) is 21.1 Å². The number of aliphatic hydroxyl groups is 1. The number of Topliss-reactive ketones (excluding diaryl/α,β-unsaturated/α-hetero) is 1. The van der Waals surface area contributed by atoms with E-state index in [-0.39, 0.29) is 5.57 Å². The highest BCUT2D eigenvalue weighted by Crippen LogP contribution is 2.48. The molecule has 36 heavy (non-hydrogen) atoms. The molecule has 0 fully saturated rings. The summed E-state index contributed by atoms with van der Waals surface area (Å²) in [5.74, 6) is -1.11. The van der Waals surface area contributed by atoms with Crippen LogP contribution in [0.3, 0.4) is 0 Å². The molecular formula is C25H20ClN3O5S2. The predicted molar refractivity (Wildman–Crippen MR) is 140 cm³/mol. The first-order valence-corrected chi connectivity index (χ1v) is 12.8. The molecule has 0 radical (unpaired) electrons. The van der Waals surface area contributed by atoms with E-state index in [0.29, 0.717) is 48.3 Å². The molecule has 1 aliphatic rings. The molecule has 0 saturated heterocycles. The fourth-order valence-electron chi connectivity index (χ4n) is 4.31. The number of carbonyl (C=O) groups excluding carboxylic acids is 2. The Balaban J connectivity index is 1.75. The number of para-hydroxylation sites is 1. The molecule has 1 N–H and O–H groups in total. The number of thiazole rings is 2. The molecule has 4 aromatic rings. The SMILES string of the molecule is COc1cccc(C2C(C(=O)c3sc(C)nc3C)=C(O)C(=O)N2c2nc3ccc(Cl)cc3s2)c1OC. The summed E-state index contributed by atoms with van der Waals surface area (Å²) in [5, 5.41) is 12.6. The minimum atomic E-state index is -1.02. The Hall–Kier alpha value is -3.47.